The predicted octanol–water partition coefficient (Wildman–Crippen LogP) is 4.08. The van der Waals surface area contributed by atoms with E-state index in [9.17, 15) is 9.90 Å². The minimum atomic E-state index is -0.688. The van der Waals surface area contributed by atoms with Crippen molar-refractivity contribution in [2.24, 2.45) is 11.3 Å². The summed E-state index contributed by atoms with van der Waals surface area (Å²) in [7, 11) is 0. The van der Waals surface area contributed by atoms with Crippen LogP contribution in [-0.2, 0) is 11.2 Å². The van der Waals surface area contributed by atoms with Crippen molar-refractivity contribution in [1.29, 1.82) is 0 Å². The van der Waals surface area contributed by atoms with Crippen LogP contribution in [0.25, 0.3) is 0 Å². The molecule has 178 valence electrons. The number of ether oxygens (including phenoxy) is 1. The zero-order valence-corrected chi connectivity index (χ0v) is 20.4. The van der Waals surface area contributed by atoms with Gasteiger partial charge in [-0.3, -0.25) is 4.79 Å². The SMILES string of the molecule is C=CCC[C@H](NC(C)=O)[C@@H](O)CN[C@H]1CC2(CC(C)C2)Oc2ncc(CC(C)(C)C)cc21. The van der Waals surface area contributed by atoms with Gasteiger partial charge in [-0.1, -0.05) is 33.8 Å². The number of carbonyl (C=O) groups excluding carboxylic acids is 1. The second kappa shape index (κ2) is 9.92. The number of aromatic nitrogens is 1. The first-order valence-corrected chi connectivity index (χ1v) is 12.0. The van der Waals surface area contributed by atoms with Crippen LogP contribution in [0.5, 0.6) is 5.88 Å². The quantitative estimate of drug-likeness (QED) is 0.501. The third kappa shape index (κ3) is 6.32. The third-order valence-electron chi connectivity index (χ3n) is 6.48. The highest BCUT2D eigenvalue weighted by Gasteiger charge is 2.49. The van der Waals surface area contributed by atoms with E-state index in [1.165, 1.54) is 12.5 Å². The van der Waals surface area contributed by atoms with Gasteiger partial charge < -0.3 is 20.5 Å². The Morgan fingerprint density at radius 1 is 1.41 bits per heavy atom. The Hall–Kier alpha value is -1.92. The molecule has 1 spiro atoms. The second-order valence-electron chi connectivity index (χ2n) is 11.2. The summed E-state index contributed by atoms with van der Waals surface area (Å²) in [6, 6.07) is 1.97. The molecule has 0 aromatic carbocycles. The van der Waals surface area contributed by atoms with Crippen molar-refractivity contribution >= 4 is 5.91 Å². The fraction of sp³-hybridized carbons (Fsp3) is 0.692. The van der Waals surface area contributed by atoms with Crippen molar-refractivity contribution in [2.75, 3.05) is 6.54 Å². The third-order valence-corrected chi connectivity index (χ3v) is 6.48. The molecule has 6 nitrogen and oxygen atoms in total. The number of allylic oxidation sites excluding steroid dienone is 1. The molecule has 0 bridgehead atoms. The van der Waals surface area contributed by atoms with Crippen molar-refractivity contribution in [3.05, 3.63) is 36.0 Å². The molecule has 1 amide bonds. The van der Waals surface area contributed by atoms with Crippen LogP contribution in [0.4, 0.5) is 0 Å². The molecule has 0 unspecified atom stereocenters. The molecule has 3 rings (SSSR count). The van der Waals surface area contributed by atoms with E-state index in [0.29, 0.717) is 18.9 Å². The normalized spacial score (nSPS) is 26.4. The van der Waals surface area contributed by atoms with E-state index in [4.69, 9.17) is 9.72 Å². The average Bonchev–Trinajstić information content (AvgIpc) is 2.67. The molecule has 2 heterocycles. The lowest BCUT2D eigenvalue weighted by atomic mass is 9.67. The maximum Gasteiger partial charge on any atom is 0.218 e. The largest absolute Gasteiger partial charge is 0.471 e. The highest BCUT2D eigenvalue weighted by molar-refractivity contribution is 5.73. The number of fused-ring (bicyclic) bond motifs is 1. The number of aliphatic hydroxyl groups excluding tert-OH is 1. The Morgan fingerprint density at radius 2 is 2.12 bits per heavy atom. The number of hydrogen-bond acceptors (Lipinski definition) is 5. The van der Waals surface area contributed by atoms with Crippen molar-refractivity contribution < 1.29 is 14.6 Å². The second-order valence-corrected chi connectivity index (χ2v) is 11.2. The lowest BCUT2D eigenvalue weighted by molar-refractivity contribution is -0.120. The van der Waals surface area contributed by atoms with Gasteiger partial charge in [-0.05, 0) is 55.1 Å². The summed E-state index contributed by atoms with van der Waals surface area (Å²) >= 11 is 0. The molecule has 1 aliphatic heterocycles. The highest BCUT2D eigenvalue weighted by atomic mass is 16.5. The van der Waals surface area contributed by atoms with Crippen LogP contribution in [-0.4, -0.2) is 40.3 Å². The molecule has 2 aliphatic rings. The van der Waals surface area contributed by atoms with Gasteiger partial charge in [0.05, 0.1) is 12.1 Å². The lowest BCUT2D eigenvalue weighted by Crippen LogP contribution is -2.54. The van der Waals surface area contributed by atoms with Gasteiger partial charge in [-0.25, -0.2) is 4.98 Å². The number of rotatable bonds is 9. The Labute approximate surface area is 193 Å². The van der Waals surface area contributed by atoms with Crippen LogP contribution in [0.15, 0.2) is 24.9 Å². The monoisotopic (exact) mass is 443 g/mol. The van der Waals surface area contributed by atoms with Gasteiger partial charge >= 0.3 is 0 Å². The summed E-state index contributed by atoms with van der Waals surface area (Å²) in [4.78, 5) is 16.3. The number of pyridine rings is 1. The average molecular weight is 444 g/mol. The summed E-state index contributed by atoms with van der Waals surface area (Å²) in [5.41, 5.74) is 2.29. The summed E-state index contributed by atoms with van der Waals surface area (Å²) in [6.07, 6.45) is 8.35. The first-order valence-electron chi connectivity index (χ1n) is 12.0. The first-order chi connectivity index (χ1) is 15.0. The van der Waals surface area contributed by atoms with Crippen molar-refractivity contribution in [3.63, 3.8) is 0 Å². The zero-order valence-electron chi connectivity index (χ0n) is 20.4. The molecule has 1 aromatic rings. The van der Waals surface area contributed by atoms with Crippen molar-refractivity contribution in [3.8, 4) is 5.88 Å². The van der Waals surface area contributed by atoms with Crippen LogP contribution in [0, 0.1) is 11.3 Å². The smallest absolute Gasteiger partial charge is 0.218 e. The number of amides is 1. The van der Waals surface area contributed by atoms with E-state index in [2.05, 4.69) is 51.0 Å². The zero-order chi connectivity index (χ0) is 23.5. The van der Waals surface area contributed by atoms with Crippen LogP contribution < -0.4 is 15.4 Å². The van der Waals surface area contributed by atoms with Crippen LogP contribution in [0.1, 0.15) is 83.9 Å². The van der Waals surface area contributed by atoms with Crippen LogP contribution >= 0.6 is 0 Å². The maximum absolute atomic E-state index is 11.6. The molecule has 6 heteroatoms. The maximum atomic E-state index is 11.6. The first kappa shape index (κ1) is 24.7. The molecule has 1 aliphatic carbocycles. The Balaban J connectivity index is 1.77. The summed E-state index contributed by atoms with van der Waals surface area (Å²) in [5, 5.41) is 17.3. The van der Waals surface area contributed by atoms with Gasteiger partial charge in [0, 0.05) is 37.7 Å². The van der Waals surface area contributed by atoms with Gasteiger partial charge in [0.1, 0.15) is 5.60 Å². The molecule has 0 radical (unpaired) electrons. The molecule has 3 N–H and O–H groups in total. The van der Waals surface area contributed by atoms with E-state index in [1.807, 2.05) is 12.3 Å². The topological polar surface area (TPSA) is 83.5 Å². The van der Waals surface area contributed by atoms with Gasteiger partial charge in [0.2, 0.25) is 11.8 Å². The molecule has 32 heavy (non-hydrogen) atoms. The summed E-state index contributed by atoms with van der Waals surface area (Å²) in [5.74, 6) is 1.25. The van der Waals surface area contributed by atoms with E-state index in [-0.39, 0.29) is 29.0 Å². The van der Waals surface area contributed by atoms with E-state index in [0.717, 1.165) is 43.5 Å². The number of aliphatic hydroxyl groups is 1. The van der Waals surface area contributed by atoms with Crippen molar-refractivity contribution in [2.45, 2.75) is 96.9 Å². The van der Waals surface area contributed by atoms with Gasteiger partial charge in [-0.15, -0.1) is 6.58 Å². The minimum Gasteiger partial charge on any atom is -0.471 e. The fourth-order valence-corrected chi connectivity index (χ4v) is 5.25. The van der Waals surface area contributed by atoms with Crippen molar-refractivity contribution in [1.82, 2.24) is 15.6 Å². The van der Waals surface area contributed by atoms with E-state index in [1.54, 1.807) is 0 Å². The Bertz CT molecular complexity index is 811. The molecule has 3 atom stereocenters. The molecule has 0 saturated heterocycles. The molecular formula is C26H41N3O3. The molecule has 1 fully saturated rings. The Kier molecular flexibility index (Phi) is 7.66. The van der Waals surface area contributed by atoms with E-state index < -0.39 is 6.10 Å². The van der Waals surface area contributed by atoms with Crippen LogP contribution in [0.2, 0.25) is 0 Å². The predicted molar refractivity (Wildman–Crippen MR) is 128 cm³/mol. The van der Waals surface area contributed by atoms with Gasteiger partial charge in [-0.2, -0.15) is 0 Å². The van der Waals surface area contributed by atoms with Gasteiger partial charge in [0.25, 0.3) is 0 Å². The van der Waals surface area contributed by atoms with E-state index >= 15 is 0 Å². The Morgan fingerprint density at radius 3 is 2.72 bits per heavy atom. The minimum absolute atomic E-state index is 0.0608. The summed E-state index contributed by atoms with van der Waals surface area (Å²) < 4.78 is 6.42. The summed E-state index contributed by atoms with van der Waals surface area (Å²) in [6.45, 7) is 14.6. The molecule has 1 saturated carbocycles. The number of nitrogens with zero attached hydrogens (tertiary/aromatic N) is 1. The molecule has 1 aromatic heterocycles. The number of carbonyl (C=O) groups is 1. The van der Waals surface area contributed by atoms with Crippen LogP contribution in [0.3, 0.4) is 0 Å². The highest BCUT2D eigenvalue weighted by Crippen LogP contribution is 2.50. The number of nitrogens with one attached hydrogen (secondary N) is 2. The van der Waals surface area contributed by atoms with Gasteiger partial charge in [0.15, 0.2) is 0 Å². The lowest BCUT2D eigenvalue weighted by Gasteiger charge is -2.50. The standard InChI is InChI=1S/C26H41N3O3/c1-7-8-9-21(29-18(3)30)23(31)16-27-22-14-26(11-17(2)12-26)32-24-20(22)10-19(15-28-24)13-25(4,5)6/h7,10,15,17,21-23,27,31H,1,8-9,11-14,16H2,2-6H3,(H,29,30)/t17?,21-,22-,23-,26?/m0/s1. The number of hydrogen-bond donors (Lipinski definition) is 3. The fourth-order valence-electron chi connectivity index (χ4n) is 5.25. The molecular weight excluding hydrogens is 402 g/mol.